The topological polar surface area (TPSA) is 61.4 Å². The van der Waals surface area contributed by atoms with Gasteiger partial charge in [-0.05, 0) is 57.4 Å². The first-order valence-corrected chi connectivity index (χ1v) is 9.52. The van der Waals surface area contributed by atoms with E-state index in [4.69, 9.17) is 23.2 Å². The molecule has 2 saturated heterocycles. The molecule has 0 saturated carbocycles. The fraction of sp³-hybridized carbons (Fsp3) is 0.556. The molecule has 0 bridgehead atoms. The van der Waals surface area contributed by atoms with Crippen LogP contribution in [0, 0.1) is 0 Å². The van der Waals surface area contributed by atoms with Crippen LogP contribution >= 0.6 is 23.2 Å². The van der Waals surface area contributed by atoms with Gasteiger partial charge in [-0.1, -0.05) is 23.2 Å². The van der Waals surface area contributed by atoms with E-state index in [2.05, 4.69) is 17.6 Å². The maximum Gasteiger partial charge on any atom is 0.254 e. The van der Waals surface area contributed by atoms with Crippen molar-refractivity contribution in [2.75, 3.05) is 13.1 Å². The summed E-state index contributed by atoms with van der Waals surface area (Å²) in [5, 5.41) is 7.25. The molecule has 2 amide bonds. The molecule has 0 radical (unpaired) electrons. The highest BCUT2D eigenvalue weighted by Gasteiger charge is 2.36. The molecule has 2 fully saturated rings. The van der Waals surface area contributed by atoms with E-state index in [-0.39, 0.29) is 23.9 Å². The average Bonchev–Trinajstić information content (AvgIpc) is 3.08. The van der Waals surface area contributed by atoms with Gasteiger partial charge in [-0.25, -0.2) is 0 Å². The fourth-order valence-electron chi connectivity index (χ4n) is 3.60. The van der Waals surface area contributed by atoms with E-state index in [0.717, 1.165) is 25.8 Å². The smallest absolute Gasteiger partial charge is 0.254 e. The molecular weight excluding hydrogens is 361 g/mol. The van der Waals surface area contributed by atoms with E-state index in [1.54, 1.807) is 23.1 Å². The summed E-state index contributed by atoms with van der Waals surface area (Å²) in [5.41, 5.74) is 0.460. The third-order valence-electron chi connectivity index (χ3n) is 5.07. The predicted octanol–water partition coefficient (Wildman–Crippen LogP) is 2.85. The Morgan fingerprint density at radius 3 is 2.72 bits per heavy atom. The molecule has 1 aromatic carbocycles. The molecule has 0 aliphatic carbocycles. The van der Waals surface area contributed by atoms with Crippen LogP contribution in [-0.2, 0) is 4.79 Å². The Hall–Kier alpha value is -1.30. The van der Waals surface area contributed by atoms with Crippen LogP contribution in [-0.4, -0.2) is 47.9 Å². The van der Waals surface area contributed by atoms with Gasteiger partial charge in [0.05, 0.1) is 10.0 Å². The molecular formula is C18H23Cl2N3O2. The van der Waals surface area contributed by atoms with E-state index in [0.29, 0.717) is 28.6 Å². The van der Waals surface area contributed by atoms with Crippen molar-refractivity contribution in [2.24, 2.45) is 0 Å². The number of hydrogen-bond donors (Lipinski definition) is 2. The van der Waals surface area contributed by atoms with Crippen molar-refractivity contribution in [1.29, 1.82) is 0 Å². The van der Waals surface area contributed by atoms with Gasteiger partial charge in [0.2, 0.25) is 5.91 Å². The zero-order valence-electron chi connectivity index (χ0n) is 14.2. The van der Waals surface area contributed by atoms with Gasteiger partial charge in [-0.15, -0.1) is 0 Å². The van der Waals surface area contributed by atoms with Crippen LogP contribution < -0.4 is 10.6 Å². The Morgan fingerprint density at radius 2 is 2.00 bits per heavy atom. The lowest BCUT2D eigenvalue weighted by atomic mass is 9.99. The SMILES string of the molecule is CC1NCCCC1NC(=O)C1CCCN1C(=O)c1ccc(Cl)c(Cl)c1. The van der Waals surface area contributed by atoms with E-state index in [9.17, 15) is 9.59 Å². The van der Waals surface area contributed by atoms with Crippen LogP contribution in [0.4, 0.5) is 0 Å². The third-order valence-corrected chi connectivity index (χ3v) is 5.81. The molecule has 3 unspecified atom stereocenters. The van der Waals surface area contributed by atoms with Crippen LogP contribution in [0.1, 0.15) is 43.0 Å². The predicted molar refractivity (Wildman–Crippen MR) is 99.1 cm³/mol. The van der Waals surface area contributed by atoms with Crippen molar-refractivity contribution in [3.63, 3.8) is 0 Å². The summed E-state index contributed by atoms with van der Waals surface area (Å²) in [7, 11) is 0. The first kappa shape index (κ1) is 18.5. The highest BCUT2D eigenvalue weighted by Crippen LogP contribution is 2.26. The molecule has 3 atom stereocenters. The maximum absolute atomic E-state index is 12.8. The van der Waals surface area contributed by atoms with E-state index >= 15 is 0 Å². The number of nitrogens with one attached hydrogen (secondary N) is 2. The number of benzene rings is 1. The third kappa shape index (κ3) is 4.10. The summed E-state index contributed by atoms with van der Waals surface area (Å²) in [6.45, 7) is 3.64. The number of halogens is 2. The molecule has 2 N–H and O–H groups in total. The van der Waals surface area contributed by atoms with Crippen LogP contribution in [0.2, 0.25) is 10.0 Å². The van der Waals surface area contributed by atoms with Crippen molar-refractivity contribution >= 4 is 35.0 Å². The molecule has 3 rings (SSSR count). The van der Waals surface area contributed by atoms with E-state index in [1.165, 1.54) is 0 Å². The van der Waals surface area contributed by atoms with Gasteiger partial charge < -0.3 is 15.5 Å². The Bertz CT molecular complexity index is 668. The van der Waals surface area contributed by atoms with Crippen molar-refractivity contribution < 1.29 is 9.59 Å². The highest BCUT2D eigenvalue weighted by atomic mass is 35.5. The Labute approximate surface area is 158 Å². The first-order valence-electron chi connectivity index (χ1n) is 8.77. The van der Waals surface area contributed by atoms with Gasteiger partial charge in [-0.3, -0.25) is 9.59 Å². The molecule has 2 heterocycles. The lowest BCUT2D eigenvalue weighted by molar-refractivity contribution is -0.125. The molecule has 7 heteroatoms. The van der Waals surface area contributed by atoms with Crippen LogP contribution in [0.15, 0.2) is 18.2 Å². The molecule has 136 valence electrons. The van der Waals surface area contributed by atoms with E-state index < -0.39 is 6.04 Å². The normalized spacial score (nSPS) is 26.5. The summed E-state index contributed by atoms with van der Waals surface area (Å²) < 4.78 is 0. The monoisotopic (exact) mass is 383 g/mol. The summed E-state index contributed by atoms with van der Waals surface area (Å²) in [5.74, 6) is -0.238. The summed E-state index contributed by atoms with van der Waals surface area (Å²) in [6.07, 6.45) is 3.52. The van der Waals surface area contributed by atoms with Gasteiger partial charge >= 0.3 is 0 Å². The number of amides is 2. The van der Waals surface area contributed by atoms with Crippen LogP contribution in [0.5, 0.6) is 0 Å². The van der Waals surface area contributed by atoms with Crippen molar-refractivity contribution in [2.45, 2.75) is 50.7 Å². The number of carbonyl (C=O) groups excluding carboxylic acids is 2. The number of piperidine rings is 1. The van der Waals surface area contributed by atoms with Crippen LogP contribution in [0.3, 0.4) is 0 Å². The Kier molecular flexibility index (Phi) is 5.87. The Morgan fingerprint density at radius 1 is 1.20 bits per heavy atom. The molecule has 1 aromatic rings. The number of likely N-dealkylation sites (tertiary alicyclic amines) is 1. The van der Waals surface area contributed by atoms with Gasteiger partial charge in [0.25, 0.3) is 5.91 Å². The van der Waals surface area contributed by atoms with E-state index in [1.807, 2.05) is 0 Å². The molecule has 0 aromatic heterocycles. The maximum atomic E-state index is 12.8. The highest BCUT2D eigenvalue weighted by molar-refractivity contribution is 6.42. The van der Waals surface area contributed by atoms with Gasteiger partial charge in [0.1, 0.15) is 6.04 Å². The molecule has 0 spiro atoms. The second-order valence-corrected chi connectivity index (χ2v) is 7.60. The number of rotatable bonds is 3. The van der Waals surface area contributed by atoms with Gasteiger partial charge in [0.15, 0.2) is 0 Å². The zero-order valence-corrected chi connectivity index (χ0v) is 15.7. The van der Waals surface area contributed by atoms with Crippen molar-refractivity contribution in [3.05, 3.63) is 33.8 Å². The lowest BCUT2D eigenvalue weighted by Gasteiger charge is -2.33. The standard InChI is InChI=1S/C18H23Cl2N3O2/c1-11-15(4-2-8-21-11)22-17(24)16-5-3-9-23(16)18(25)12-6-7-13(19)14(20)10-12/h6-7,10-11,15-16,21H,2-5,8-9H2,1H3,(H,22,24). The minimum absolute atomic E-state index is 0.0635. The summed E-state index contributed by atoms with van der Waals surface area (Å²) in [4.78, 5) is 27.2. The Balaban J connectivity index is 1.69. The summed E-state index contributed by atoms with van der Waals surface area (Å²) in [6, 6.07) is 4.76. The largest absolute Gasteiger partial charge is 0.350 e. The number of carbonyl (C=O) groups is 2. The minimum atomic E-state index is -0.420. The van der Waals surface area contributed by atoms with Gasteiger partial charge in [-0.2, -0.15) is 0 Å². The van der Waals surface area contributed by atoms with Crippen LogP contribution in [0.25, 0.3) is 0 Å². The summed E-state index contributed by atoms with van der Waals surface area (Å²) >= 11 is 11.9. The molecule has 5 nitrogen and oxygen atoms in total. The van der Waals surface area contributed by atoms with Crippen molar-refractivity contribution in [1.82, 2.24) is 15.5 Å². The first-order chi connectivity index (χ1) is 12.0. The number of nitrogens with zero attached hydrogens (tertiary/aromatic N) is 1. The second kappa shape index (κ2) is 7.94. The van der Waals surface area contributed by atoms with Gasteiger partial charge in [0, 0.05) is 24.2 Å². The number of hydrogen-bond acceptors (Lipinski definition) is 3. The average molecular weight is 384 g/mol. The molecule has 2 aliphatic heterocycles. The van der Waals surface area contributed by atoms with Crippen molar-refractivity contribution in [3.8, 4) is 0 Å². The molecule has 2 aliphatic rings. The quantitative estimate of drug-likeness (QED) is 0.843. The minimum Gasteiger partial charge on any atom is -0.350 e. The second-order valence-electron chi connectivity index (χ2n) is 6.79. The zero-order chi connectivity index (χ0) is 18.0. The lowest BCUT2D eigenvalue weighted by Crippen LogP contribution is -2.56. The fourth-order valence-corrected chi connectivity index (χ4v) is 3.90. The molecule has 25 heavy (non-hydrogen) atoms.